The number of carboxylic acid groups (broad SMARTS) is 2. The van der Waals surface area contributed by atoms with Gasteiger partial charge in [-0.1, -0.05) is 13.8 Å². The molecule has 0 saturated heterocycles. The Hall–Kier alpha value is -1.99. The molecule has 0 heterocycles. The molecule has 0 spiro atoms. The number of nitrogens with one attached hydrogen (secondary N) is 3. The summed E-state index contributed by atoms with van der Waals surface area (Å²) in [6.45, 7) is 3.71. The van der Waals surface area contributed by atoms with E-state index in [0.29, 0.717) is 5.75 Å². The predicted octanol–water partition coefficient (Wildman–Crippen LogP) is -0.944. The lowest BCUT2D eigenvalue weighted by molar-refractivity contribution is -0.147. The SMILES string of the molecule is CSCCC(NC(=O)C(CC(C)C)NC(=O)C(N)CS)C(=O)NC(CC(=O)O)C(=O)O. The zero-order valence-corrected chi connectivity index (χ0v) is 19.5. The summed E-state index contributed by atoms with van der Waals surface area (Å²) in [5.41, 5.74) is 5.64. The number of nitrogens with two attached hydrogens (primary N) is 1. The second-order valence-corrected chi connectivity index (χ2v) is 8.67. The third kappa shape index (κ3) is 11.8. The quantitative estimate of drug-likeness (QED) is 0.145. The first-order chi connectivity index (χ1) is 14.4. The first kappa shape index (κ1) is 29.0. The fraction of sp³-hybridized carbons (Fsp3) is 0.722. The molecule has 13 heteroatoms. The Morgan fingerprint density at radius 1 is 0.935 bits per heavy atom. The van der Waals surface area contributed by atoms with Gasteiger partial charge in [0.2, 0.25) is 17.7 Å². The van der Waals surface area contributed by atoms with E-state index < -0.39 is 60.2 Å². The molecule has 4 unspecified atom stereocenters. The van der Waals surface area contributed by atoms with E-state index in [2.05, 4.69) is 28.6 Å². The van der Waals surface area contributed by atoms with Crippen molar-refractivity contribution < 1.29 is 34.2 Å². The van der Waals surface area contributed by atoms with Gasteiger partial charge in [-0.15, -0.1) is 0 Å². The first-order valence-corrected chi connectivity index (χ1v) is 11.7. The normalized spacial score (nSPS) is 14.8. The summed E-state index contributed by atoms with van der Waals surface area (Å²) in [6, 6.07) is -4.62. The topological polar surface area (TPSA) is 188 Å². The van der Waals surface area contributed by atoms with Crippen LogP contribution in [0, 0.1) is 5.92 Å². The van der Waals surface area contributed by atoms with Gasteiger partial charge in [-0.05, 0) is 30.8 Å². The largest absolute Gasteiger partial charge is 0.481 e. The lowest BCUT2D eigenvalue weighted by Gasteiger charge is -2.25. The molecule has 178 valence electrons. The fourth-order valence-electron chi connectivity index (χ4n) is 2.49. The molecule has 0 aromatic rings. The van der Waals surface area contributed by atoms with Crippen molar-refractivity contribution in [2.45, 2.75) is 57.3 Å². The van der Waals surface area contributed by atoms with Crippen LogP contribution in [-0.4, -0.2) is 81.8 Å². The van der Waals surface area contributed by atoms with Crippen molar-refractivity contribution in [3.05, 3.63) is 0 Å². The van der Waals surface area contributed by atoms with Crippen LogP contribution in [0.25, 0.3) is 0 Å². The Balaban J connectivity index is 5.43. The summed E-state index contributed by atoms with van der Waals surface area (Å²) >= 11 is 5.37. The summed E-state index contributed by atoms with van der Waals surface area (Å²) in [6.07, 6.45) is 1.45. The summed E-state index contributed by atoms with van der Waals surface area (Å²) < 4.78 is 0. The number of amides is 3. The molecule has 4 atom stereocenters. The molecule has 0 fully saturated rings. The van der Waals surface area contributed by atoms with Gasteiger partial charge in [0.15, 0.2) is 0 Å². The molecule has 11 nitrogen and oxygen atoms in total. The standard InChI is InChI=1S/C18H32N4O7S2/c1-9(2)6-12(21-15(25)10(19)8-30)17(27)20-11(4-5-31-3)16(26)22-13(18(28)29)7-14(23)24/h9-13,30H,4-8,19H2,1-3H3,(H,20,27)(H,21,25)(H,22,26)(H,23,24)(H,28,29). The number of carbonyl (C=O) groups excluding carboxylic acids is 3. The van der Waals surface area contributed by atoms with Crippen LogP contribution in [0.5, 0.6) is 0 Å². The van der Waals surface area contributed by atoms with Gasteiger partial charge in [0.1, 0.15) is 18.1 Å². The second-order valence-electron chi connectivity index (χ2n) is 7.32. The highest BCUT2D eigenvalue weighted by Gasteiger charge is 2.31. The van der Waals surface area contributed by atoms with Crippen molar-refractivity contribution in [1.82, 2.24) is 16.0 Å². The highest BCUT2D eigenvalue weighted by molar-refractivity contribution is 7.98. The molecule has 0 radical (unpaired) electrons. The van der Waals surface area contributed by atoms with Crippen molar-refractivity contribution >= 4 is 54.1 Å². The lowest BCUT2D eigenvalue weighted by atomic mass is 10.0. The molecule has 0 aliphatic carbocycles. The van der Waals surface area contributed by atoms with Crippen molar-refractivity contribution in [3.8, 4) is 0 Å². The number of carbonyl (C=O) groups is 5. The Kier molecular flexibility index (Phi) is 14.0. The van der Waals surface area contributed by atoms with Crippen molar-refractivity contribution in [2.24, 2.45) is 11.7 Å². The predicted molar refractivity (Wildman–Crippen MR) is 120 cm³/mol. The van der Waals surface area contributed by atoms with Crippen LogP contribution in [-0.2, 0) is 24.0 Å². The number of hydrogen-bond donors (Lipinski definition) is 7. The van der Waals surface area contributed by atoms with E-state index in [9.17, 15) is 24.0 Å². The van der Waals surface area contributed by atoms with E-state index in [1.54, 1.807) is 6.26 Å². The lowest BCUT2D eigenvalue weighted by Crippen LogP contribution is -2.57. The molecule has 0 aliphatic heterocycles. The van der Waals surface area contributed by atoms with Crippen LogP contribution in [0.1, 0.15) is 33.1 Å². The van der Waals surface area contributed by atoms with E-state index in [4.69, 9.17) is 15.9 Å². The highest BCUT2D eigenvalue weighted by atomic mass is 32.2. The number of rotatable bonds is 15. The van der Waals surface area contributed by atoms with Crippen LogP contribution in [0.3, 0.4) is 0 Å². The molecule has 0 rings (SSSR count). The minimum atomic E-state index is -1.64. The van der Waals surface area contributed by atoms with Crippen LogP contribution >= 0.6 is 24.4 Å². The average Bonchev–Trinajstić information content (AvgIpc) is 2.68. The maximum absolute atomic E-state index is 12.8. The van der Waals surface area contributed by atoms with Gasteiger partial charge in [0, 0.05) is 5.75 Å². The van der Waals surface area contributed by atoms with Crippen molar-refractivity contribution in [3.63, 3.8) is 0 Å². The van der Waals surface area contributed by atoms with Gasteiger partial charge >= 0.3 is 11.9 Å². The van der Waals surface area contributed by atoms with Crippen LogP contribution in [0.15, 0.2) is 0 Å². The summed E-state index contributed by atoms with van der Waals surface area (Å²) in [5, 5.41) is 25.2. The summed E-state index contributed by atoms with van der Waals surface area (Å²) in [5.74, 6) is -4.31. The highest BCUT2D eigenvalue weighted by Crippen LogP contribution is 2.08. The van der Waals surface area contributed by atoms with E-state index in [1.165, 1.54) is 11.8 Å². The third-order valence-electron chi connectivity index (χ3n) is 4.11. The number of thioether (sulfide) groups is 1. The Bertz CT molecular complexity index is 648. The van der Waals surface area contributed by atoms with Gasteiger partial charge in [-0.2, -0.15) is 24.4 Å². The van der Waals surface area contributed by atoms with Crippen LogP contribution in [0.4, 0.5) is 0 Å². The Morgan fingerprint density at radius 2 is 1.45 bits per heavy atom. The van der Waals surface area contributed by atoms with E-state index in [1.807, 2.05) is 13.8 Å². The van der Waals surface area contributed by atoms with Gasteiger partial charge in [-0.25, -0.2) is 4.79 Å². The maximum atomic E-state index is 12.8. The summed E-state index contributed by atoms with van der Waals surface area (Å²) in [4.78, 5) is 59.6. The Labute approximate surface area is 191 Å². The van der Waals surface area contributed by atoms with Crippen LogP contribution < -0.4 is 21.7 Å². The molecular formula is C18H32N4O7S2. The van der Waals surface area contributed by atoms with Crippen molar-refractivity contribution in [2.75, 3.05) is 17.8 Å². The molecule has 0 bridgehead atoms. The number of carboxylic acids is 2. The smallest absolute Gasteiger partial charge is 0.326 e. The molecule has 3 amide bonds. The molecule has 7 N–H and O–H groups in total. The molecule has 0 aromatic carbocycles. The van der Waals surface area contributed by atoms with Gasteiger partial charge in [0.05, 0.1) is 12.5 Å². The van der Waals surface area contributed by atoms with E-state index >= 15 is 0 Å². The molecule has 0 saturated carbocycles. The van der Waals surface area contributed by atoms with Crippen molar-refractivity contribution in [1.29, 1.82) is 0 Å². The summed E-state index contributed by atoms with van der Waals surface area (Å²) in [7, 11) is 0. The second kappa shape index (κ2) is 14.9. The monoisotopic (exact) mass is 480 g/mol. The molecule has 0 aromatic heterocycles. The molecular weight excluding hydrogens is 448 g/mol. The third-order valence-corrected chi connectivity index (χ3v) is 5.15. The number of aliphatic carboxylic acids is 2. The average molecular weight is 481 g/mol. The molecule has 31 heavy (non-hydrogen) atoms. The van der Waals surface area contributed by atoms with Gasteiger partial charge in [-0.3, -0.25) is 19.2 Å². The zero-order chi connectivity index (χ0) is 24.1. The van der Waals surface area contributed by atoms with Gasteiger partial charge < -0.3 is 31.9 Å². The Morgan fingerprint density at radius 3 is 1.90 bits per heavy atom. The maximum Gasteiger partial charge on any atom is 0.326 e. The minimum Gasteiger partial charge on any atom is -0.481 e. The van der Waals surface area contributed by atoms with E-state index in [0.717, 1.165) is 0 Å². The molecule has 0 aliphatic rings. The zero-order valence-electron chi connectivity index (χ0n) is 17.8. The van der Waals surface area contributed by atoms with E-state index in [-0.39, 0.29) is 24.5 Å². The number of hydrogen-bond acceptors (Lipinski definition) is 8. The minimum absolute atomic E-state index is 0.0358. The van der Waals surface area contributed by atoms with Gasteiger partial charge in [0.25, 0.3) is 0 Å². The van der Waals surface area contributed by atoms with Crippen LogP contribution in [0.2, 0.25) is 0 Å². The number of thiol groups is 1. The first-order valence-electron chi connectivity index (χ1n) is 9.63. The fourth-order valence-corrected chi connectivity index (χ4v) is 3.13.